The molecule has 90 valence electrons. The molecule has 0 aliphatic rings. The van der Waals surface area contributed by atoms with E-state index >= 15 is 0 Å². The van der Waals surface area contributed by atoms with Gasteiger partial charge in [-0.1, -0.05) is 13.8 Å². The molecule has 0 spiro atoms. The van der Waals surface area contributed by atoms with Crippen LogP contribution in [0.5, 0.6) is 0 Å². The second-order valence-electron chi connectivity index (χ2n) is 4.29. The van der Waals surface area contributed by atoms with E-state index in [1.807, 2.05) is 6.92 Å². The molecule has 0 fully saturated rings. The Morgan fingerprint density at radius 1 is 1.56 bits per heavy atom. The zero-order valence-corrected chi connectivity index (χ0v) is 10.4. The Bertz CT molecular complexity index is 360. The van der Waals surface area contributed by atoms with Crippen LogP contribution in [0.1, 0.15) is 44.1 Å². The van der Waals surface area contributed by atoms with Crippen LogP contribution in [0.25, 0.3) is 0 Å². The molecule has 0 aliphatic heterocycles. The third kappa shape index (κ3) is 2.35. The average Bonchev–Trinajstić information content (AvgIpc) is 2.58. The van der Waals surface area contributed by atoms with E-state index in [-0.39, 0.29) is 11.4 Å². The number of hydrogen-bond acceptors (Lipinski definition) is 3. The fourth-order valence-electron chi connectivity index (χ4n) is 1.49. The summed E-state index contributed by atoms with van der Waals surface area (Å²) >= 11 is 0. The second kappa shape index (κ2) is 4.55. The quantitative estimate of drug-likeness (QED) is 0.810. The maximum Gasteiger partial charge on any atom is 0.272 e. The predicted octanol–water partition coefficient (Wildman–Crippen LogP) is 1.31. The average molecular weight is 224 g/mol. The zero-order valence-electron chi connectivity index (χ0n) is 10.4. The molecule has 1 amide bonds. The molecule has 0 saturated carbocycles. The smallest absolute Gasteiger partial charge is 0.272 e. The number of carbonyl (C=O) groups excluding carboxylic acids is 1. The second-order valence-corrected chi connectivity index (χ2v) is 4.29. The Kier molecular flexibility index (Phi) is 3.57. The van der Waals surface area contributed by atoms with Crippen molar-refractivity contribution in [3.8, 4) is 0 Å². The molecule has 1 aromatic rings. The minimum Gasteiger partial charge on any atom is -0.396 e. The standard InChI is InChI=1S/C11H20N4O/c1-5-11(3,6-2)14-10(16)9-8(12)7-13-15(9)4/h7H,5-6,12H2,1-4H3,(H,14,16). The number of carbonyl (C=O) groups is 1. The van der Waals surface area contributed by atoms with E-state index in [0.717, 1.165) is 12.8 Å². The van der Waals surface area contributed by atoms with Crippen molar-refractivity contribution in [2.75, 3.05) is 5.73 Å². The van der Waals surface area contributed by atoms with Crippen LogP contribution in [0, 0.1) is 0 Å². The number of aryl methyl sites for hydroxylation is 1. The largest absolute Gasteiger partial charge is 0.396 e. The summed E-state index contributed by atoms with van der Waals surface area (Å²) in [5.41, 5.74) is 6.35. The lowest BCUT2D eigenvalue weighted by molar-refractivity contribution is 0.0892. The maximum atomic E-state index is 12.0. The monoisotopic (exact) mass is 224 g/mol. The van der Waals surface area contributed by atoms with Gasteiger partial charge >= 0.3 is 0 Å². The first-order chi connectivity index (χ1) is 7.43. The van der Waals surface area contributed by atoms with E-state index in [0.29, 0.717) is 11.4 Å². The summed E-state index contributed by atoms with van der Waals surface area (Å²) in [7, 11) is 1.71. The van der Waals surface area contributed by atoms with Gasteiger partial charge in [-0.2, -0.15) is 5.10 Å². The maximum absolute atomic E-state index is 12.0. The van der Waals surface area contributed by atoms with Gasteiger partial charge in [0.15, 0.2) is 0 Å². The molecule has 0 atom stereocenters. The van der Waals surface area contributed by atoms with Gasteiger partial charge in [0.25, 0.3) is 5.91 Å². The van der Waals surface area contributed by atoms with Gasteiger partial charge in [-0.05, 0) is 19.8 Å². The van der Waals surface area contributed by atoms with Crippen LogP contribution in [0.2, 0.25) is 0 Å². The SMILES string of the molecule is CCC(C)(CC)NC(=O)c1c(N)cnn1C. The Morgan fingerprint density at radius 3 is 2.50 bits per heavy atom. The molecule has 0 bridgehead atoms. The number of anilines is 1. The van der Waals surface area contributed by atoms with Crippen molar-refractivity contribution in [2.45, 2.75) is 39.2 Å². The highest BCUT2D eigenvalue weighted by Crippen LogP contribution is 2.16. The van der Waals surface area contributed by atoms with E-state index in [9.17, 15) is 4.79 Å². The molecule has 16 heavy (non-hydrogen) atoms. The molecule has 5 nitrogen and oxygen atoms in total. The van der Waals surface area contributed by atoms with E-state index in [2.05, 4.69) is 24.3 Å². The van der Waals surface area contributed by atoms with Crippen LogP contribution >= 0.6 is 0 Å². The first-order valence-electron chi connectivity index (χ1n) is 5.53. The topological polar surface area (TPSA) is 72.9 Å². The highest BCUT2D eigenvalue weighted by atomic mass is 16.2. The number of nitrogen functional groups attached to an aromatic ring is 1. The zero-order chi connectivity index (χ0) is 12.3. The Hall–Kier alpha value is -1.52. The Balaban J connectivity index is 2.88. The molecule has 0 unspecified atom stereocenters. The van der Waals surface area contributed by atoms with Gasteiger partial charge < -0.3 is 11.1 Å². The first-order valence-corrected chi connectivity index (χ1v) is 5.53. The lowest BCUT2D eigenvalue weighted by Crippen LogP contribution is -2.45. The van der Waals surface area contributed by atoms with Crippen molar-refractivity contribution in [1.29, 1.82) is 0 Å². The van der Waals surface area contributed by atoms with Crippen LogP contribution in [0.15, 0.2) is 6.20 Å². The number of amides is 1. The van der Waals surface area contributed by atoms with Gasteiger partial charge in [0.1, 0.15) is 5.69 Å². The molecule has 0 aromatic carbocycles. The number of nitrogens with one attached hydrogen (secondary N) is 1. The normalized spacial score (nSPS) is 11.5. The number of rotatable bonds is 4. The number of nitrogens with two attached hydrogens (primary N) is 1. The van der Waals surface area contributed by atoms with Crippen molar-refractivity contribution >= 4 is 11.6 Å². The minimum atomic E-state index is -0.187. The fourth-order valence-corrected chi connectivity index (χ4v) is 1.49. The van der Waals surface area contributed by atoms with Crippen molar-refractivity contribution in [2.24, 2.45) is 7.05 Å². The van der Waals surface area contributed by atoms with Gasteiger partial charge in [-0.15, -0.1) is 0 Å². The van der Waals surface area contributed by atoms with E-state index in [1.165, 1.54) is 10.9 Å². The lowest BCUT2D eigenvalue weighted by atomic mass is 9.95. The molecule has 5 heteroatoms. The summed E-state index contributed by atoms with van der Waals surface area (Å²) in [5, 5.41) is 6.95. The van der Waals surface area contributed by atoms with E-state index in [1.54, 1.807) is 7.05 Å². The van der Waals surface area contributed by atoms with Crippen LogP contribution in [0.4, 0.5) is 5.69 Å². The molecule has 0 saturated heterocycles. The molecule has 0 aliphatic carbocycles. The van der Waals surface area contributed by atoms with Gasteiger partial charge in [0, 0.05) is 12.6 Å². The van der Waals surface area contributed by atoms with Crippen molar-refractivity contribution in [3.63, 3.8) is 0 Å². The van der Waals surface area contributed by atoms with Crippen molar-refractivity contribution < 1.29 is 4.79 Å². The van der Waals surface area contributed by atoms with Crippen LogP contribution in [0.3, 0.4) is 0 Å². The van der Waals surface area contributed by atoms with E-state index in [4.69, 9.17) is 5.73 Å². The predicted molar refractivity (Wildman–Crippen MR) is 64.1 cm³/mol. The number of nitrogens with zero attached hydrogens (tertiary/aromatic N) is 2. The molecule has 1 rings (SSSR count). The van der Waals surface area contributed by atoms with Gasteiger partial charge in [-0.3, -0.25) is 9.48 Å². The van der Waals surface area contributed by atoms with Gasteiger partial charge in [0.2, 0.25) is 0 Å². The lowest BCUT2D eigenvalue weighted by Gasteiger charge is -2.28. The summed E-state index contributed by atoms with van der Waals surface area (Å²) in [4.78, 5) is 12.0. The summed E-state index contributed by atoms with van der Waals surface area (Å²) in [6.07, 6.45) is 3.25. The Labute approximate surface area is 96.0 Å². The molecule has 0 radical (unpaired) electrons. The van der Waals surface area contributed by atoms with Crippen LogP contribution in [-0.4, -0.2) is 21.2 Å². The number of hydrogen-bond donors (Lipinski definition) is 2. The summed E-state index contributed by atoms with van der Waals surface area (Å²) < 4.78 is 1.50. The highest BCUT2D eigenvalue weighted by Gasteiger charge is 2.25. The summed E-state index contributed by atoms with van der Waals surface area (Å²) in [6, 6.07) is 0. The van der Waals surface area contributed by atoms with Crippen LogP contribution < -0.4 is 11.1 Å². The minimum absolute atomic E-state index is 0.163. The van der Waals surface area contributed by atoms with Crippen LogP contribution in [-0.2, 0) is 7.05 Å². The highest BCUT2D eigenvalue weighted by molar-refractivity contribution is 5.97. The van der Waals surface area contributed by atoms with Gasteiger partial charge in [-0.25, -0.2) is 0 Å². The molecule has 1 aromatic heterocycles. The van der Waals surface area contributed by atoms with Crippen molar-refractivity contribution in [1.82, 2.24) is 15.1 Å². The molecular weight excluding hydrogens is 204 g/mol. The van der Waals surface area contributed by atoms with Gasteiger partial charge in [0.05, 0.1) is 11.9 Å². The molecule has 3 N–H and O–H groups in total. The number of aromatic nitrogens is 2. The molecular formula is C11H20N4O. The Morgan fingerprint density at radius 2 is 2.12 bits per heavy atom. The van der Waals surface area contributed by atoms with Crippen molar-refractivity contribution in [3.05, 3.63) is 11.9 Å². The van der Waals surface area contributed by atoms with E-state index < -0.39 is 0 Å². The third-order valence-corrected chi connectivity index (χ3v) is 3.16. The fraction of sp³-hybridized carbons (Fsp3) is 0.636. The third-order valence-electron chi connectivity index (χ3n) is 3.16. The molecule has 1 heterocycles. The summed E-state index contributed by atoms with van der Waals surface area (Å²) in [6.45, 7) is 6.13. The first kappa shape index (κ1) is 12.5. The summed E-state index contributed by atoms with van der Waals surface area (Å²) in [5.74, 6) is -0.163.